The quantitative estimate of drug-likeness (QED) is 0.149. The van der Waals surface area contributed by atoms with E-state index in [0.717, 1.165) is 38.7 Å². The number of rotatable bonds is 10. The number of carbonyl (C=O) groups excluding carboxylic acids is 2. The molecule has 0 saturated carbocycles. The van der Waals surface area contributed by atoms with Gasteiger partial charge in [-0.3, -0.25) is 19.1 Å². The smallest absolute Gasteiger partial charge is 0.306 e. The third-order valence-corrected chi connectivity index (χ3v) is 9.84. The molecule has 0 unspecified atom stereocenters. The van der Waals surface area contributed by atoms with Crippen LogP contribution in [0.3, 0.4) is 0 Å². The highest BCUT2D eigenvalue weighted by Crippen LogP contribution is 2.36. The van der Waals surface area contributed by atoms with Crippen LogP contribution in [0.5, 0.6) is 0 Å². The summed E-state index contributed by atoms with van der Waals surface area (Å²) in [6.07, 6.45) is 1.05. The van der Waals surface area contributed by atoms with E-state index in [1.165, 1.54) is 6.07 Å². The van der Waals surface area contributed by atoms with Crippen LogP contribution in [0.4, 0.5) is 0 Å². The largest absolute Gasteiger partial charge is 0.461 e. The molecule has 12 heteroatoms. The van der Waals surface area contributed by atoms with Crippen LogP contribution in [0.15, 0.2) is 83.9 Å². The Labute approximate surface area is 285 Å². The number of amides is 1. The Morgan fingerprint density at radius 3 is 2.48 bits per heavy atom. The second-order valence-electron chi connectivity index (χ2n) is 10.6. The van der Waals surface area contributed by atoms with Crippen molar-refractivity contribution in [1.29, 1.82) is 0 Å². The number of aromatic nitrogens is 3. The molecule has 1 amide bonds. The van der Waals surface area contributed by atoms with Crippen LogP contribution in [0.1, 0.15) is 69.4 Å². The van der Waals surface area contributed by atoms with Gasteiger partial charge in [-0.2, -0.15) is 0 Å². The summed E-state index contributed by atoms with van der Waals surface area (Å²) in [5, 5.41) is 14.2. The van der Waals surface area contributed by atoms with Crippen molar-refractivity contribution in [3.8, 4) is 5.00 Å². The first kappa shape index (κ1) is 31.9. The molecule has 2 aromatic heterocycles. The number of thiophene rings is 1. The molecule has 6 rings (SSSR count). The van der Waals surface area contributed by atoms with Crippen molar-refractivity contribution in [2.24, 2.45) is 4.99 Å². The zero-order chi connectivity index (χ0) is 32.2. The molecule has 3 aromatic carbocycles. The van der Waals surface area contributed by atoms with E-state index in [4.69, 9.17) is 44.5 Å². The van der Waals surface area contributed by atoms with E-state index in [2.05, 4.69) is 28.5 Å². The van der Waals surface area contributed by atoms with Crippen LogP contribution >= 0.6 is 46.1 Å². The van der Waals surface area contributed by atoms with Crippen LogP contribution in [0, 0.1) is 0 Å². The molecule has 0 radical (unpaired) electrons. The van der Waals surface area contributed by atoms with Gasteiger partial charge < -0.3 is 10.1 Å². The van der Waals surface area contributed by atoms with E-state index in [1.807, 2.05) is 59.2 Å². The molecule has 1 atom stereocenters. The van der Waals surface area contributed by atoms with Crippen LogP contribution in [0.2, 0.25) is 15.1 Å². The Hall–Kier alpha value is -4.02. The number of fused-ring (bicyclic) bond motifs is 3. The van der Waals surface area contributed by atoms with Crippen LogP contribution in [-0.4, -0.2) is 32.4 Å². The number of benzene rings is 3. The van der Waals surface area contributed by atoms with Gasteiger partial charge >= 0.3 is 5.97 Å². The molecule has 8 nitrogen and oxygen atoms in total. The lowest BCUT2D eigenvalue weighted by Gasteiger charge is -2.20. The highest BCUT2D eigenvalue weighted by Gasteiger charge is 2.31. The maximum Gasteiger partial charge on any atom is 0.306 e. The van der Waals surface area contributed by atoms with Gasteiger partial charge in [0, 0.05) is 33.0 Å². The molecule has 0 saturated heterocycles. The minimum Gasteiger partial charge on any atom is -0.461 e. The number of esters is 1. The summed E-state index contributed by atoms with van der Waals surface area (Å²) in [5.74, 6) is 0.271. The summed E-state index contributed by atoms with van der Waals surface area (Å²) in [7, 11) is 0. The van der Waals surface area contributed by atoms with E-state index in [0.29, 0.717) is 27.3 Å². The number of hydrogen-bond acceptors (Lipinski definition) is 7. The molecule has 0 spiro atoms. The molecule has 46 heavy (non-hydrogen) atoms. The summed E-state index contributed by atoms with van der Waals surface area (Å²) < 4.78 is 7.49. The first-order valence-corrected chi connectivity index (χ1v) is 16.6. The third kappa shape index (κ3) is 6.88. The number of aryl methyl sites for hydroxylation is 1. The van der Waals surface area contributed by atoms with Gasteiger partial charge in [0.1, 0.15) is 18.2 Å². The van der Waals surface area contributed by atoms with Gasteiger partial charge in [-0.15, -0.1) is 21.5 Å². The minimum atomic E-state index is -0.714. The first-order chi connectivity index (χ1) is 22.3. The summed E-state index contributed by atoms with van der Waals surface area (Å²) >= 11 is 20.6. The molecule has 234 valence electrons. The van der Waals surface area contributed by atoms with Crippen molar-refractivity contribution >= 4 is 63.7 Å². The lowest BCUT2D eigenvalue weighted by Crippen LogP contribution is -2.31. The van der Waals surface area contributed by atoms with E-state index >= 15 is 0 Å². The van der Waals surface area contributed by atoms with Crippen molar-refractivity contribution in [2.75, 3.05) is 0 Å². The van der Waals surface area contributed by atoms with Crippen molar-refractivity contribution in [3.05, 3.63) is 133 Å². The van der Waals surface area contributed by atoms with Gasteiger partial charge in [-0.05, 0) is 48.7 Å². The average Bonchev–Trinajstić information content (AvgIpc) is 3.65. The Bertz CT molecular complexity index is 1940. The monoisotopic (exact) mass is 691 g/mol. The minimum absolute atomic E-state index is 0.0280. The van der Waals surface area contributed by atoms with Gasteiger partial charge in [0.2, 0.25) is 0 Å². The van der Waals surface area contributed by atoms with Gasteiger partial charge in [-0.1, -0.05) is 90.3 Å². The standard InChI is InChI=1S/C34H28Cl3N5O3S/c1-2-22-17-24-31(23-10-6-7-11-25(23)35)38-18-29-40-41-32(42(29)34(24)46-22)28(39-33(44)21-12-13-26(36)27(37)16-21)14-15-30(43)45-19-20-8-4-3-5-9-20/h3-13,16-17,28H,2,14-15,18-19H2,1H3,(H,39,44)/t28-/m1/s1. The van der Waals surface area contributed by atoms with Crippen molar-refractivity contribution in [2.45, 2.75) is 45.4 Å². The van der Waals surface area contributed by atoms with Gasteiger partial charge in [0.15, 0.2) is 11.6 Å². The SMILES string of the molecule is CCc1cc2c(s1)-n1c(nnc1[C@@H](CCC(=O)OCc1ccccc1)NC(=O)c1ccc(Cl)c(Cl)c1)CN=C2c1ccccc1Cl. The predicted molar refractivity (Wildman–Crippen MR) is 182 cm³/mol. The molecule has 0 aliphatic carbocycles. The van der Waals surface area contributed by atoms with Gasteiger partial charge in [0.05, 0.1) is 21.8 Å². The predicted octanol–water partition coefficient (Wildman–Crippen LogP) is 8.20. The van der Waals surface area contributed by atoms with Gasteiger partial charge in [0.25, 0.3) is 5.91 Å². The van der Waals surface area contributed by atoms with Gasteiger partial charge in [-0.25, -0.2) is 0 Å². The lowest BCUT2D eigenvalue weighted by molar-refractivity contribution is -0.145. The second kappa shape index (κ2) is 14.2. The Morgan fingerprint density at radius 1 is 0.935 bits per heavy atom. The van der Waals surface area contributed by atoms with E-state index in [1.54, 1.807) is 23.5 Å². The summed E-state index contributed by atoms with van der Waals surface area (Å²) in [5.41, 5.74) is 3.67. The molecular weight excluding hydrogens is 665 g/mol. The molecular formula is C34H28Cl3N5O3S. The average molecular weight is 693 g/mol. The Morgan fingerprint density at radius 2 is 1.72 bits per heavy atom. The highest BCUT2D eigenvalue weighted by molar-refractivity contribution is 7.15. The molecule has 1 aliphatic rings. The maximum absolute atomic E-state index is 13.6. The van der Waals surface area contributed by atoms with E-state index in [-0.39, 0.29) is 31.0 Å². The summed E-state index contributed by atoms with van der Waals surface area (Å²) in [6.45, 7) is 2.48. The van der Waals surface area contributed by atoms with Crippen LogP contribution in [0.25, 0.3) is 5.00 Å². The molecule has 1 N–H and O–H groups in total. The molecule has 0 bridgehead atoms. The highest BCUT2D eigenvalue weighted by atomic mass is 35.5. The van der Waals surface area contributed by atoms with Crippen LogP contribution < -0.4 is 5.32 Å². The normalized spacial score (nSPS) is 12.8. The molecule has 5 aromatic rings. The first-order valence-electron chi connectivity index (χ1n) is 14.6. The maximum atomic E-state index is 13.6. The van der Waals surface area contributed by atoms with E-state index in [9.17, 15) is 9.59 Å². The second-order valence-corrected chi connectivity index (χ2v) is 12.9. The Kier molecular flexibility index (Phi) is 9.84. The number of nitrogens with one attached hydrogen (secondary N) is 1. The summed E-state index contributed by atoms with van der Waals surface area (Å²) in [4.78, 5) is 32.5. The Balaban J connectivity index is 1.35. The number of nitrogens with zero attached hydrogens (tertiary/aromatic N) is 4. The van der Waals surface area contributed by atoms with Crippen molar-refractivity contribution in [1.82, 2.24) is 20.1 Å². The number of carbonyl (C=O) groups is 2. The topological polar surface area (TPSA) is 98.5 Å². The number of aliphatic imine (C=N–C) groups is 1. The zero-order valence-electron chi connectivity index (χ0n) is 24.7. The van der Waals surface area contributed by atoms with Crippen molar-refractivity contribution in [3.63, 3.8) is 0 Å². The number of halogens is 3. The van der Waals surface area contributed by atoms with E-state index < -0.39 is 17.9 Å². The molecule has 3 heterocycles. The zero-order valence-corrected chi connectivity index (χ0v) is 27.8. The fourth-order valence-electron chi connectivity index (χ4n) is 5.16. The fourth-order valence-corrected chi connectivity index (χ4v) is 6.81. The number of ether oxygens (including phenoxy) is 1. The molecule has 0 fully saturated rings. The lowest BCUT2D eigenvalue weighted by atomic mass is 10.0. The molecule has 1 aliphatic heterocycles. The van der Waals surface area contributed by atoms with Crippen LogP contribution in [-0.2, 0) is 29.1 Å². The fraction of sp³-hybridized carbons (Fsp3) is 0.206. The van der Waals surface area contributed by atoms with Crippen molar-refractivity contribution < 1.29 is 14.3 Å². The number of hydrogen-bond donors (Lipinski definition) is 1. The summed E-state index contributed by atoms with van der Waals surface area (Å²) in [6, 6.07) is 23.1. The third-order valence-electron chi connectivity index (χ3n) is 7.51.